The molecule has 5 N–H and O–H groups in total. The normalized spacial score (nSPS) is 7.32. The van der Waals surface area contributed by atoms with E-state index in [2.05, 4.69) is 20.3 Å². The number of hydrogen-bond acceptors (Lipinski definition) is 5. The van der Waals surface area contributed by atoms with Crippen LogP contribution in [-0.2, 0) is 22.8 Å². The topological polar surface area (TPSA) is 186 Å². The fourth-order valence-corrected chi connectivity index (χ4v) is 0.775. The Hall–Kier alpha value is 3.00. The van der Waals surface area contributed by atoms with Crippen LogP contribution in [0.4, 0.5) is 0 Å². The minimum absolute atomic E-state index is 0. The first-order valence-electron chi connectivity index (χ1n) is 5.61. The van der Waals surface area contributed by atoms with E-state index in [0.29, 0.717) is 0 Å². The maximum absolute atomic E-state index is 8.46. The Morgan fingerprint density at radius 1 is 0.640 bits per heavy atom. The van der Waals surface area contributed by atoms with Gasteiger partial charge in [0.1, 0.15) is 0 Å². The average molecular weight is 722 g/mol. The van der Waals surface area contributed by atoms with Crippen molar-refractivity contribution >= 4 is 43.4 Å². The standard InChI is InChI=1S/C8H17.2Nd.5HO2P/c1-3-5-7-8-6-4-2;;;5*1-3-2/h3H,4-8H2,1-2H3;;;5*(H,1,2)/q-1;2*+3;;;;;. The van der Waals surface area contributed by atoms with Gasteiger partial charge in [-0.05, 0) is 0 Å². The molecular weight excluding hydrogens is 699 g/mol. The molecule has 0 aromatic heterocycles. The van der Waals surface area contributed by atoms with Gasteiger partial charge in [0, 0.05) is 0 Å². The first kappa shape index (κ1) is 51.0. The van der Waals surface area contributed by atoms with Crippen LogP contribution in [0.2, 0.25) is 0 Å². The zero-order valence-electron chi connectivity index (χ0n) is 13.6. The summed E-state index contributed by atoms with van der Waals surface area (Å²) >= 11 is 0. The van der Waals surface area contributed by atoms with E-state index < -0.39 is 43.4 Å². The summed E-state index contributed by atoms with van der Waals surface area (Å²) in [5.41, 5.74) is 0. The minimum atomic E-state index is -0.833. The first-order valence-corrected chi connectivity index (χ1v) is 9.43. The molecule has 10 nitrogen and oxygen atoms in total. The molecule has 0 aliphatic carbocycles. The molecule has 142 valence electrons. The SMILES string of the molecule is C[CH-]CCCCCC.O=PO.O=PO.O=PO.O=PO.O=PO.[Nd+3].[Nd+3]. The van der Waals surface area contributed by atoms with Crippen LogP contribution in [0.3, 0.4) is 0 Å². The van der Waals surface area contributed by atoms with Crippen LogP contribution in [0.25, 0.3) is 0 Å². The van der Waals surface area contributed by atoms with Crippen molar-refractivity contribution in [2.45, 2.75) is 46.0 Å². The zero-order valence-corrected chi connectivity index (χ0v) is 24.5. The second kappa shape index (κ2) is 93.1. The fraction of sp³-hybridized carbons (Fsp3) is 0.875. The van der Waals surface area contributed by atoms with Gasteiger partial charge in [-0.3, -0.25) is 0 Å². The van der Waals surface area contributed by atoms with Gasteiger partial charge in [0.15, 0.2) is 0 Å². The van der Waals surface area contributed by atoms with E-state index in [1.807, 2.05) is 0 Å². The summed E-state index contributed by atoms with van der Waals surface area (Å²) in [6, 6.07) is 0. The largest absolute Gasteiger partial charge is 3.00 e. The molecule has 0 aliphatic heterocycles. The van der Waals surface area contributed by atoms with E-state index >= 15 is 0 Å². The van der Waals surface area contributed by atoms with Gasteiger partial charge in [-0.2, -0.15) is 13.3 Å². The second-order valence-corrected chi connectivity index (χ2v) is 3.48. The zero-order chi connectivity index (χ0) is 19.8. The maximum atomic E-state index is 8.46. The summed E-state index contributed by atoms with van der Waals surface area (Å²) in [7, 11) is -4.17. The summed E-state index contributed by atoms with van der Waals surface area (Å²) in [6.07, 6.45) is 9.12. The van der Waals surface area contributed by atoms with Gasteiger partial charge in [-0.15, -0.1) is 0 Å². The molecule has 0 spiro atoms. The van der Waals surface area contributed by atoms with Crippen LogP contribution >= 0.6 is 43.4 Å². The Morgan fingerprint density at radius 3 is 1.04 bits per heavy atom. The van der Waals surface area contributed by atoms with Crippen molar-refractivity contribution < 1.29 is 129 Å². The van der Waals surface area contributed by atoms with Crippen LogP contribution in [0, 0.1) is 88.1 Å². The summed E-state index contributed by atoms with van der Waals surface area (Å²) in [5, 5.41) is 0. The van der Waals surface area contributed by atoms with Crippen molar-refractivity contribution in [2.75, 3.05) is 0 Å². The van der Waals surface area contributed by atoms with Crippen LogP contribution in [0.15, 0.2) is 0 Å². The molecule has 0 amide bonds. The molecule has 2 radical (unpaired) electrons. The Kier molecular flexibility index (Phi) is 190. The summed E-state index contributed by atoms with van der Waals surface area (Å²) in [4.78, 5) is 34.9. The molecule has 0 heterocycles. The number of hydrogen-bond donors (Lipinski definition) is 5. The summed E-state index contributed by atoms with van der Waals surface area (Å²) < 4.78 is 42.3. The van der Waals surface area contributed by atoms with Crippen LogP contribution in [0.5, 0.6) is 0 Å². The maximum Gasteiger partial charge on any atom is 3.00 e. The quantitative estimate of drug-likeness (QED) is 0.157. The van der Waals surface area contributed by atoms with Crippen molar-refractivity contribution in [3.63, 3.8) is 0 Å². The van der Waals surface area contributed by atoms with E-state index in [1.54, 1.807) is 0 Å². The van der Waals surface area contributed by atoms with Crippen molar-refractivity contribution in [1.82, 2.24) is 0 Å². The molecule has 0 aromatic carbocycles. The molecule has 0 aliphatic rings. The average Bonchev–Trinajstić information content (AvgIpc) is 2.48. The Bertz CT molecular complexity index is 179. The van der Waals surface area contributed by atoms with Gasteiger partial charge in [-0.25, -0.2) is 22.8 Å². The van der Waals surface area contributed by atoms with E-state index in [-0.39, 0.29) is 81.7 Å². The molecule has 0 saturated heterocycles. The fourth-order valence-electron chi connectivity index (χ4n) is 0.775. The third kappa shape index (κ3) is 264. The van der Waals surface area contributed by atoms with Crippen molar-refractivity contribution in [2.24, 2.45) is 0 Å². The molecule has 0 aromatic rings. The number of rotatable bonds is 5. The molecular formula is C8H22Nd2O10P5+5. The van der Waals surface area contributed by atoms with Gasteiger partial charge in [-0.1, -0.05) is 32.6 Å². The molecule has 0 bridgehead atoms. The second-order valence-electron chi connectivity index (χ2n) is 2.67. The van der Waals surface area contributed by atoms with Crippen molar-refractivity contribution in [3.05, 3.63) is 6.42 Å². The molecule has 0 unspecified atom stereocenters. The third-order valence-electron chi connectivity index (χ3n) is 1.35. The van der Waals surface area contributed by atoms with Gasteiger partial charge in [0.2, 0.25) is 0 Å². The molecule has 0 atom stereocenters. The van der Waals surface area contributed by atoms with E-state index in [4.69, 9.17) is 47.3 Å². The van der Waals surface area contributed by atoms with Gasteiger partial charge in [0.05, 0.1) is 0 Å². The van der Waals surface area contributed by atoms with Crippen LogP contribution < -0.4 is 0 Å². The van der Waals surface area contributed by atoms with Crippen molar-refractivity contribution in [1.29, 1.82) is 0 Å². The Balaban J connectivity index is -0.0000000245. The predicted octanol–water partition coefficient (Wildman–Crippen LogP) is 4.11. The molecule has 17 heteroatoms. The smallest absolute Gasteiger partial charge is 0.332 e. The summed E-state index contributed by atoms with van der Waals surface area (Å²) in [6.45, 7) is 4.38. The van der Waals surface area contributed by atoms with Crippen LogP contribution in [-0.4, -0.2) is 24.5 Å². The monoisotopic (exact) mass is 717 g/mol. The summed E-state index contributed by atoms with van der Waals surface area (Å²) in [5.74, 6) is 0. The van der Waals surface area contributed by atoms with E-state index in [1.165, 1.54) is 32.1 Å². The number of unbranched alkanes of at least 4 members (excludes halogenated alkanes) is 5. The third-order valence-corrected chi connectivity index (χ3v) is 1.35. The molecule has 0 fully saturated rings. The molecule has 25 heavy (non-hydrogen) atoms. The van der Waals surface area contributed by atoms with Gasteiger partial charge >= 0.3 is 125 Å². The van der Waals surface area contributed by atoms with E-state index in [9.17, 15) is 0 Å². The molecule has 0 rings (SSSR count). The Morgan fingerprint density at radius 2 is 0.880 bits per heavy atom. The van der Waals surface area contributed by atoms with Crippen molar-refractivity contribution in [3.8, 4) is 0 Å². The van der Waals surface area contributed by atoms with Gasteiger partial charge in [0.25, 0.3) is 0 Å². The van der Waals surface area contributed by atoms with Gasteiger partial charge < -0.3 is 30.9 Å². The predicted molar refractivity (Wildman–Crippen MR) is 87.9 cm³/mol. The van der Waals surface area contributed by atoms with Crippen LogP contribution in [0.1, 0.15) is 46.0 Å². The molecule has 0 saturated carbocycles. The van der Waals surface area contributed by atoms with E-state index in [0.717, 1.165) is 0 Å². The minimum Gasteiger partial charge on any atom is -0.332 e. The first-order chi connectivity index (χ1) is 11.0. The Labute approximate surface area is 221 Å².